The number of halogens is 3. The summed E-state index contributed by atoms with van der Waals surface area (Å²) < 4.78 is 43.4. The van der Waals surface area contributed by atoms with Crippen molar-refractivity contribution in [1.29, 1.82) is 0 Å². The zero-order valence-corrected chi connectivity index (χ0v) is 26.3. The number of benzene rings is 1. The second-order valence-electron chi connectivity index (χ2n) is 13.0. The van der Waals surface area contributed by atoms with E-state index in [9.17, 15) is 9.18 Å². The summed E-state index contributed by atoms with van der Waals surface area (Å²) in [7, 11) is 1.74. The minimum Gasteiger partial charge on any atom is -0.461 e. The molecule has 1 aromatic carbocycles. The summed E-state index contributed by atoms with van der Waals surface area (Å²) in [5.41, 5.74) is 1.56. The van der Waals surface area contributed by atoms with Crippen molar-refractivity contribution < 1.29 is 23.0 Å². The van der Waals surface area contributed by atoms with Crippen LogP contribution in [-0.2, 0) is 11.2 Å². The molecule has 0 aliphatic carbocycles. The van der Waals surface area contributed by atoms with Gasteiger partial charge in [-0.05, 0) is 56.7 Å². The number of nitrogens with zero attached hydrogens (tertiary/aromatic N) is 7. The molecular weight excluding hydrogens is 618 g/mol. The van der Waals surface area contributed by atoms with Crippen molar-refractivity contribution in [2.75, 3.05) is 51.3 Å². The predicted octanol–water partition coefficient (Wildman–Crippen LogP) is 5.30. The fourth-order valence-electron chi connectivity index (χ4n) is 7.89. The lowest BCUT2D eigenvalue weighted by Gasteiger charge is -2.38. The Morgan fingerprint density at radius 3 is 2.96 bits per heavy atom. The summed E-state index contributed by atoms with van der Waals surface area (Å²) in [6.07, 6.45) is 6.60. The van der Waals surface area contributed by atoms with Gasteiger partial charge in [-0.3, -0.25) is 15.0 Å². The summed E-state index contributed by atoms with van der Waals surface area (Å²) in [4.78, 5) is 33.0. The van der Waals surface area contributed by atoms with Crippen molar-refractivity contribution in [3.63, 3.8) is 0 Å². The van der Waals surface area contributed by atoms with Crippen LogP contribution in [0.25, 0.3) is 33.1 Å². The van der Waals surface area contributed by atoms with E-state index in [0.717, 1.165) is 32.2 Å². The molecule has 14 heteroatoms. The first-order chi connectivity index (χ1) is 22.3. The first kappa shape index (κ1) is 29.6. The van der Waals surface area contributed by atoms with Crippen LogP contribution in [0.1, 0.15) is 44.1 Å². The third-order valence-corrected chi connectivity index (χ3v) is 10.6. The number of likely N-dealkylation sites (N-methyl/N-ethyl adjacent to an activating group) is 1. The van der Waals surface area contributed by atoms with Gasteiger partial charge in [-0.15, -0.1) is 0 Å². The van der Waals surface area contributed by atoms with Crippen LogP contribution in [-0.4, -0.2) is 105 Å². The summed E-state index contributed by atoms with van der Waals surface area (Å²) in [6, 6.07) is 1.64. The number of pyridine rings is 1. The topological polar surface area (TPSA) is 113 Å². The van der Waals surface area contributed by atoms with Crippen molar-refractivity contribution >= 4 is 45.3 Å². The maximum atomic E-state index is 17.0. The molecule has 0 radical (unpaired) electrons. The van der Waals surface area contributed by atoms with Crippen LogP contribution in [0.5, 0.6) is 6.01 Å². The van der Waals surface area contributed by atoms with Gasteiger partial charge in [-0.1, -0.05) is 11.6 Å². The van der Waals surface area contributed by atoms with E-state index < -0.39 is 23.6 Å². The quantitative estimate of drug-likeness (QED) is 0.315. The smallest absolute Gasteiger partial charge is 0.409 e. The van der Waals surface area contributed by atoms with Gasteiger partial charge in [0.15, 0.2) is 5.82 Å². The molecule has 5 aliphatic rings. The fraction of sp³-hybridized carbons (Fsp3) is 0.531. The van der Waals surface area contributed by atoms with E-state index in [4.69, 9.17) is 26.1 Å². The van der Waals surface area contributed by atoms with Gasteiger partial charge < -0.3 is 19.3 Å². The van der Waals surface area contributed by atoms with Crippen molar-refractivity contribution in [2.24, 2.45) is 0 Å². The number of anilines is 1. The number of alkyl halides is 1. The number of carbonyl (C=O) groups excluding carboxylic acids is 1. The van der Waals surface area contributed by atoms with Crippen LogP contribution in [0, 0.1) is 5.82 Å². The van der Waals surface area contributed by atoms with E-state index in [2.05, 4.69) is 25.1 Å². The number of hydrogen-bond donors (Lipinski definition) is 1. The number of piperidine rings is 1. The average molecular weight is 653 g/mol. The summed E-state index contributed by atoms with van der Waals surface area (Å²) in [6.45, 7) is 2.72. The Morgan fingerprint density at radius 1 is 1.17 bits per heavy atom. The lowest BCUT2D eigenvalue weighted by atomic mass is 9.95. The molecule has 9 rings (SSSR count). The van der Waals surface area contributed by atoms with E-state index in [-0.39, 0.29) is 36.5 Å². The fourth-order valence-corrected chi connectivity index (χ4v) is 8.19. The molecule has 4 aromatic rings. The molecule has 1 N–H and O–H groups in total. The van der Waals surface area contributed by atoms with Crippen molar-refractivity contribution in [2.45, 2.75) is 62.7 Å². The second-order valence-corrected chi connectivity index (χ2v) is 13.4. The van der Waals surface area contributed by atoms with Crippen LogP contribution < -0.4 is 9.64 Å². The molecule has 11 nitrogen and oxygen atoms in total. The Kier molecular flexibility index (Phi) is 7.35. The summed E-state index contributed by atoms with van der Waals surface area (Å²) in [5.74, 6) is -0.140. The first-order valence-electron chi connectivity index (χ1n) is 16.0. The van der Waals surface area contributed by atoms with Gasteiger partial charge in [0.05, 0.1) is 35.3 Å². The maximum absolute atomic E-state index is 17.0. The highest BCUT2D eigenvalue weighted by Crippen LogP contribution is 2.42. The van der Waals surface area contributed by atoms with Crippen molar-refractivity contribution in [1.82, 2.24) is 34.9 Å². The Bertz CT molecular complexity index is 1840. The maximum Gasteiger partial charge on any atom is 0.409 e. The molecule has 0 unspecified atom stereocenters. The molecule has 6 bridgehead atoms. The number of aromatic nitrogens is 5. The molecular formula is C32H35ClF2N8O3. The van der Waals surface area contributed by atoms with Gasteiger partial charge in [0.1, 0.15) is 29.8 Å². The molecule has 3 aromatic heterocycles. The first-order valence-corrected chi connectivity index (χ1v) is 16.4. The van der Waals surface area contributed by atoms with Crippen LogP contribution >= 0.6 is 11.6 Å². The van der Waals surface area contributed by atoms with E-state index in [0.29, 0.717) is 77.2 Å². The van der Waals surface area contributed by atoms with Crippen LogP contribution in [0.4, 0.5) is 19.4 Å². The summed E-state index contributed by atoms with van der Waals surface area (Å²) >= 11 is 6.78. The number of aromatic amines is 1. The Morgan fingerprint density at radius 2 is 2.07 bits per heavy atom. The highest BCUT2D eigenvalue weighted by molar-refractivity contribution is 6.33. The average Bonchev–Trinajstić information content (AvgIpc) is 3.75. The van der Waals surface area contributed by atoms with Crippen molar-refractivity contribution in [3.8, 4) is 17.3 Å². The number of nitrogens with one attached hydrogen (secondary N) is 1. The van der Waals surface area contributed by atoms with E-state index >= 15 is 4.39 Å². The van der Waals surface area contributed by atoms with E-state index in [1.807, 2.05) is 4.90 Å². The SMILES string of the molecule is CN1C(=O)OCCCc2c(Cl)cc3[nH]ncc3c2-c2ncc3c(nc(OC[C@@]45CCCN4C[C@H](F)C5)nc3c2F)N2CCC[C@@H]1C2. The normalized spacial score (nSPS) is 25.4. The van der Waals surface area contributed by atoms with Crippen molar-refractivity contribution in [3.05, 3.63) is 34.9 Å². The summed E-state index contributed by atoms with van der Waals surface area (Å²) in [5, 5.41) is 8.64. The van der Waals surface area contributed by atoms with Gasteiger partial charge in [-0.25, -0.2) is 13.6 Å². The second kappa shape index (κ2) is 11.4. The number of hydrogen-bond acceptors (Lipinski definition) is 9. The Balaban J connectivity index is 1.30. The number of fused-ring (bicyclic) bond motifs is 8. The minimum atomic E-state index is -0.907. The molecule has 0 spiro atoms. The molecule has 3 atom stereocenters. The minimum absolute atomic E-state index is 0.0258. The molecule has 8 heterocycles. The highest BCUT2D eigenvalue weighted by atomic mass is 35.5. The third kappa shape index (κ3) is 4.90. The number of amides is 1. The third-order valence-electron chi connectivity index (χ3n) is 10.2. The zero-order valence-electron chi connectivity index (χ0n) is 25.6. The van der Waals surface area contributed by atoms with Crippen LogP contribution in [0.15, 0.2) is 18.5 Å². The van der Waals surface area contributed by atoms with Crippen LogP contribution in [0.2, 0.25) is 5.02 Å². The largest absolute Gasteiger partial charge is 0.461 e. The molecule has 1 amide bonds. The van der Waals surface area contributed by atoms with Gasteiger partial charge in [0.25, 0.3) is 0 Å². The standard InChI is InChI=1S/C32H35ClF2N8O3/c1-41-19-5-2-8-42(16-19)29-22-13-36-28(25-20(6-3-10-45-31(41)44)23(33)11-24-21(25)14-37-40-24)26(35)27(22)38-30(39-29)46-17-32-7-4-9-43(32)15-18(34)12-32/h11,13-14,18-19H,2-10,12,15-17H2,1H3,(H,37,40)/t18-,19-,32+/m1/s1. The Labute approximate surface area is 269 Å². The lowest BCUT2D eigenvalue weighted by molar-refractivity contribution is 0.0926. The number of carbonyl (C=O) groups is 1. The van der Waals surface area contributed by atoms with Gasteiger partial charge in [-0.2, -0.15) is 15.1 Å². The monoisotopic (exact) mass is 652 g/mol. The molecule has 46 heavy (non-hydrogen) atoms. The molecule has 3 saturated heterocycles. The Hall–Kier alpha value is -3.84. The molecule has 3 fully saturated rings. The number of H-pyrrole nitrogens is 1. The van der Waals surface area contributed by atoms with Gasteiger partial charge in [0.2, 0.25) is 0 Å². The van der Waals surface area contributed by atoms with Gasteiger partial charge >= 0.3 is 12.1 Å². The lowest BCUT2D eigenvalue weighted by Crippen LogP contribution is -2.49. The highest BCUT2D eigenvalue weighted by Gasteiger charge is 2.49. The zero-order chi connectivity index (χ0) is 31.6. The van der Waals surface area contributed by atoms with E-state index in [1.54, 1.807) is 30.4 Å². The molecule has 242 valence electrons. The van der Waals surface area contributed by atoms with Gasteiger partial charge in [0, 0.05) is 55.3 Å². The molecule has 0 saturated carbocycles. The van der Waals surface area contributed by atoms with E-state index in [1.165, 1.54) is 0 Å². The molecule has 5 aliphatic heterocycles. The number of ether oxygens (including phenoxy) is 2. The van der Waals surface area contributed by atoms with Crippen LogP contribution in [0.3, 0.4) is 0 Å². The predicted molar refractivity (Wildman–Crippen MR) is 169 cm³/mol. The number of rotatable bonds is 3.